The van der Waals surface area contributed by atoms with Gasteiger partial charge in [-0.1, -0.05) is 12.1 Å². The molecule has 1 unspecified atom stereocenters. The van der Waals surface area contributed by atoms with E-state index >= 15 is 0 Å². The fourth-order valence-corrected chi connectivity index (χ4v) is 1.55. The van der Waals surface area contributed by atoms with Gasteiger partial charge in [0.2, 0.25) is 6.17 Å². The first-order chi connectivity index (χ1) is 7.66. The normalized spacial score (nSPS) is 12.6. The minimum atomic E-state index is -1.85. The SMILES string of the molecule is O=C(O)C(F)Cc1ccc2ncccc2c1. The highest BCUT2D eigenvalue weighted by Crippen LogP contribution is 2.15. The number of rotatable bonds is 3. The number of aromatic nitrogens is 1. The maximum Gasteiger partial charge on any atom is 0.338 e. The maximum absolute atomic E-state index is 13.0. The molecule has 0 amide bonds. The molecule has 2 rings (SSSR count). The van der Waals surface area contributed by atoms with Gasteiger partial charge in [-0.2, -0.15) is 0 Å². The average molecular weight is 219 g/mol. The van der Waals surface area contributed by atoms with Gasteiger partial charge in [0.1, 0.15) is 0 Å². The van der Waals surface area contributed by atoms with E-state index in [1.807, 2.05) is 6.07 Å². The highest BCUT2D eigenvalue weighted by atomic mass is 19.1. The van der Waals surface area contributed by atoms with E-state index in [2.05, 4.69) is 4.98 Å². The molecule has 0 saturated carbocycles. The van der Waals surface area contributed by atoms with Gasteiger partial charge in [0.05, 0.1) is 5.52 Å². The number of halogens is 1. The van der Waals surface area contributed by atoms with Crippen molar-refractivity contribution in [2.45, 2.75) is 12.6 Å². The van der Waals surface area contributed by atoms with Crippen LogP contribution in [0.15, 0.2) is 36.5 Å². The largest absolute Gasteiger partial charge is 0.479 e. The van der Waals surface area contributed by atoms with Crippen LogP contribution in [0.25, 0.3) is 10.9 Å². The standard InChI is InChI=1S/C12H10FNO2/c13-10(12(15)16)7-8-3-4-11-9(6-8)2-1-5-14-11/h1-6,10H,7H2,(H,15,16). The van der Waals surface area contributed by atoms with Crippen molar-refractivity contribution in [3.05, 3.63) is 42.1 Å². The molecule has 1 atom stereocenters. The van der Waals surface area contributed by atoms with Crippen molar-refractivity contribution in [1.82, 2.24) is 4.98 Å². The smallest absolute Gasteiger partial charge is 0.338 e. The van der Waals surface area contributed by atoms with Crippen molar-refractivity contribution in [3.63, 3.8) is 0 Å². The predicted molar refractivity (Wildman–Crippen MR) is 58.0 cm³/mol. The molecule has 0 spiro atoms. The first-order valence-corrected chi connectivity index (χ1v) is 4.87. The van der Waals surface area contributed by atoms with Crippen LogP contribution in [0, 0.1) is 0 Å². The minimum Gasteiger partial charge on any atom is -0.479 e. The van der Waals surface area contributed by atoms with Gasteiger partial charge in [-0.15, -0.1) is 0 Å². The second kappa shape index (κ2) is 4.26. The fourth-order valence-electron chi connectivity index (χ4n) is 1.55. The number of carbonyl (C=O) groups is 1. The average Bonchev–Trinajstić information content (AvgIpc) is 2.28. The van der Waals surface area contributed by atoms with E-state index < -0.39 is 12.1 Å². The predicted octanol–water partition coefficient (Wildman–Crippen LogP) is 2.20. The molecule has 82 valence electrons. The first kappa shape index (κ1) is 10.5. The molecule has 0 saturated heterocycles. The van der Waals surface area contributed by atoms with Crippen LogP contribution in [0.5, 0.6) is 0 Å². The van der Waals surface area contributed by atoms with Crippen molar-refractivity contribution in [2.75, 3.05) is 0 Å². The van der Waals surface area contributed by atoms with Crippen LogP contribution < -0.4 is 0 Å². The molecule has 1 heterocycles. The molecule has 1 aromatic heterocycles. The van der Waals surface area contributed by atoms with Crippen molar-refractivity contribution in [1.29, 1.82) is 0 Å². The highest BCUT2D eigenvalue weighted by molar-refractivity contribution is 5.79. The topological polar surface area (TPSA) is 50.2 Å². The molecule has 0 radical (unpaired) electrons. The van der Waals surface area contributed by atoms with E-state index in [4.69, 9.17) is 5.11 Å². The van der Waals surface area contributed by atoms with Crippen LogP contribution in [-0.2, 0) is 11.2 Å². The third-order valence-electron chi connectivity index (χ3n) is 2.35. The van der Waals surface area contributed by atoms with Crippen molar-refractivity contribution in [2.24, 2.45) is 0 Å². The molecule has 3 nitrogen and oxygen atoms in total. The number of nitrogens with zero attached hydrogens (tertiary/aromatic N) is 1. The molecule has 0 bridgehead atoms. The molecular weight excluding hydrogens is 209 g/mol. The molecule has 1 aromatic carbocycles. The number of aliphatic carboxylic acids is 1. The van der Waals surface area contributed by atoms with E-state index in [0.717, 1.165) is 10.9 Å². The lowest BCUT2D eigenvalue weighted by Gasteiger charge is -2.04. The Balaban J connectivity index is 2.29. The van der Waals surface area contributed by atoms with E-state index in [0.29, 0.717) is 5.56 Å². The van der Waals surface area contributed by atoms with Crippen LogP contribution >= 0.6 is 0 Å². The van der Waals surface area contributed by atoms with Crippen molar-refractivity contribution in [3.8, 4) is 0 Å². The Kier molecular flexibility index (Phi) is 2.81. The maximum atomic E-state index is 13.0. The summed E-state index contributed by atoms with van der Waals surface area (Å²) in [4.78, 5) is 14.5. The Hall–Kier alpha value is -1.97. The van der Waals surface area contributed by atoms with Gasteiger partial charge < -0.3 is 5.11 Å². The van der Waals surface area contributed by atoms with Gasteiger partial charge in [0, 0.05) is 18.0 Å². The summed E-state index contributed by atoms with van der Waals surface area (Å²) in [5.41, 5.74) is 1.48. The van der Waals surface area contributed by atoms with Gasteiger partial charge in [0.25, 0.3) is 0 Å². The van der Waals surface area contributed by atoms with Crippen molar-refractivity contribution < 1.29 is 14.3 Å². The summed E-state index contributed by atoms with van der Waals surface area (Å²) in [6.07, 6.45) is -0.286. The number of fused-ring (bicyclic) bond motifs is 1. The molecule has 2 aromatic rings. The monoisotopic (exact) mass is 219 g/mol. The molecule has 0 fully saturated rings. The second-order valence-corrected chi connectivity index (χ2v) is 3.54. The van der Waals surface area contributed by atoms with E-state index in [-0.39, 0.29) is 6.42 Å². The number of carboxylic acid groups (broad SMARTS) is 1. The molecular formula is C12H10FNO2. The summed E-state index contributed by atoms with van der Waals surface area (Å²) >= 11 is 0. The van der Waals surface area contributed by atoms with Gasteiger partial charge in [-0.25, -0.2) is 9.18 Å². The lowest BCUT2D eigenvalue weighted by molar-refractivity contribution is -0.142. The Morgan fingerprint density at radius 2 is 2.25 bits per heavy atom. The summed E-state index contributed by atoms with van der Waals surface area (Å²) in [5.74, 6) is -1.42. The van der Waals surface area contributed by atoms with Crippen LogP contribution in [0.1, 0.15) is 5.56 Å². The van der Waals surface area contributed by atoms with Crippen LogP contribution in [0.4, 0.5) is 4.39 Å². The Bertz CT molecular complexity index is 527. The van der Waals surface area contributed by atoms with Crippen LogP contribution in [-0.4, -0.2) is 22.2 Å². The van der Waals surface area contributed by atoms with E-state index in [1.54, 1.807) is 30.5 Å². The Morgan fingerprint density at radius 3 is 3.00 bits per heavy atom. The number of carboxylic acids is 1. The summed E-state index contributed by atoms with van der Waals surface area (Å²) in [6.45, 7) is 0. The first-order valence-electron chi connectivity index (χ1n) is 4.87. The lowest BCUT2D eigenvalue weighted by atomic mass is 10.1. The molecule has 0 aliphatic heterocycles. The number of alkyl halides is 1. The Labute approximate surface area is 91.5 Å². The summed E-state index contributed by atoms with van der Waals surface area (Å²) in [5, 5.41) is 9.36. The summed E-state index contributed by atoms with van der Waals surface area (Å²) in [7, 11) is 0. The number of hydrogen-bond donors (Lipinski definition) is 1. The third kappa shape index (κ3) is 2.16. The summed E-state index contributed by atoms with van der Waals surface area (Å²) in [6, 6.07) is 8.87. The van der Waals surface area contributed by atoms with Gasteiger partial charge in [-0.05, 0) is 23.8 Å². The quantitative estimate of drug-likeness (QED) is 0.860. The van der Waals surface area contributed by atoms with E-state index in [9.17, 15) is 9.18 Å². The molecule has 0 aliphatic carbocycles. The second-order valence-electron chi connectivity index (χ2n) is 3.54. The van der Waals surface area contributed by atoms with Gasteiger partial charge in [-0.3, -0.25) is 4.98 Å². The fraction of sp³-hybridized carbons (Fsp3) is 0.167. The van der Waals surface area contributed by atoms with E-state index in [1.165, 1.54) is 0 Å². The number of hydrogen-bond acceptors (Lipinski definition) is 2. The summed E-state index contributed by atoms with van der Waals surface area (Å²) < 4.78 is 13.0. The van der Waals surface area contributed by atoms with Crippen LogP contribution in [0.2, 0.25) is 0 Å². The number of benzene rings is 1. The molecule has 0 aliphatic rings. The Morgan fingerprint density at radius 1 is 1.44 bits per heavy atom. The zero-order valence-corrected chi connectivity index (χ0v) is 8.43. The van der Waals surface area contributed by atoms with Gasteiger partial charge in [0.15, 0.2) is 0 Å². The third-order valence-corrected chi connectivity index (χ3v) is 2.35. The minimum absolute atomic E-state index is 0.111. The number of pyridine rings is 1. The molecule has 16 heavy (non-hydrogen) atoms. The zero-order valence-electron chi connectivity index (χ0n) is 8.43. The molecule has 4 heteroatoms. The lowest BCUT2D eigenvalue weighted by Crippen LogP contribution is -2.17. The van der Waals surface area contributed by atoms with Crippen LogP contribution in [0.3, 0.4) is 0 Å². The highest BCUT2D eigenvalue weighted by Gasteiger charge is 2.16. The van der Waals surface area contributed by atoms with Gasteiger partial charge >= 0.3 is 5.97 Å². The van der Waals surface area contributed by atoms with Crippen molar-refractivity contribution >= 4 is 16.9 Å². The molecule has 1 N–H and O–H groups in total. The zero-order chi connectivity index (χ0) is 11.5.